The molecule has 5 heteroatoms. The summed E-state index contributed by atoms with van der Waals surface area (Å²) in [5, 5.41) is 8.65. The Morgan fingerprint density at radius 1 is 1.30 bits per heavy atom. The molecule has 0 radical (unpaired) electrons. The first-order valence-corrected chi connectivity index (χ1v) is 6.63. The number of aryl methyl sites for hydroxylation is 2. The van der Waals surface area contributed by atoms with Gasteiger partial charge in [-0.2, -0.15) is 0 Å². The molecular formula is C15H21NO4. The first kappa shape index (κ1) is 16.0. The van der Waals surface area contributed by atoms with Crippen LogP contribution in [-0.2, 0) is 9.59 Å². The van der Waals surface area contributed by atoms with Crippen molar-refractivity contribution in [3.05, 3.63) is 29.3 Å². The maximum Gasteiger partial charge on any atom is 0.305 e. The fraction of sp³-hybridized carbons (Fsp3) is 0.467. The van der Waals surface area contributed by atoms with Crippen molar-refractivity contribution in [1.82, 2.24) is 4.90 Å². The van der Waals surface area contributed by atoms with Gasteiger partial charge in [-0.3, -0.25) is 9.59 Å². The number of ether oxygens (including phenoxy) is 1. The third-order valence-corrected chi connectivity index (χ3v) is 3.02. The molecule has 0 aliphatic carbocycles. The molecule has 5 nitrogen and oxygen atoms in total. The average molecular weight is 279 g/mol. The maximum absolute atomic E-state index is 12.0. The topological polar surface area (TPSA) is 66.8 Å². The number of carbonyl (C=O) groups excluding carboxylic acids is 1. The van der Waals surface area contributed by atoms with Crippen molar-refractivity contribution < 1.29 is 19.4 Å². The summed E-state index contributed by atoms with van der Waals surface area (Å²) < 4.78 is 5.53. The summed E-state index contributed by atoms with van der Waals surface area (Å²) in [6.45, 7) is 6.30. The molecular weight excluding hydrogens is 258 g/mol. The zero-order valence-electron chi connectivity index (χ0n) is 12.2. The van der Waals surface area contributed by atoms with Gasteiger partial charge in [-0.15, -0.1) is 0 Å². The predicted octanol–water partition coefficient (Wildman–Crippen LogP) is 2.01. The van der Waals surface area contributed by atoms with E-state index in [2.05, 4.69) is 0 Å². The van der Waals surface area contributed by atoms with Crippen molar-refractivity contribution in [1.29, 1.82) is 0 Å². The van der Waals surface area contributed by atoms with E-state index in [4.69, 9.17) is 9.84 Å². The SMILES string of the molecule is CCN(CCC(=O)O)C(=O)COc1cc(C)ccc1C. The molecule has 1 aromatic carbocycles. The largest absolute Gasteiger partial charge is 0.483 e. The molecule has 0 bridgehead atoms. The van der Waals surface area contributed by atoms with Gasteiger partial charge in [0.2, 0.25) is 0 Å². The smallest absolute Gasteiger partial charge is 0.305 e. The van der Waals surface area contributed by atoms with Crippen molar-refractivity contribution in [2.45, 2.75) is 27.2 Å². The number of hydrogen-bond acceptors (Lipinski definition) is 3. The van der Waals surface area contributed by atoms with E-state index in [1.807, 2.05) is 39.0 Å². The highest BCUT2D eigenvalue weighted by molar-refractivity contribution is 5.78. The molecule has 0 aliphatic rings. The molecule has 0 heterocycles. The number of hydrogen-bond donors (Lipinski definition) is 1. The Morgan fingerprint density at radius 2 is 2.00 bits per heavy atom. The van der Waals surface area contributed by atoms with Crippen LogP contribution in [0.2, 0.25) is 0 Å². The number of rotatable bonds is 7. The Morgan fingerprint density at radius 3 is 2.60 bits per heavy atom. The van der Waals surface area contributed by atoms with Crippen molar-refractivity contribution in [2.75, 3.05) is 19.7 Å². The van der Waals surface area contributed by atoms with Crippen molar-refractivity contribution in [3.8, 4) is 5.75 Å². The van der Waals surface area contributed by atoms with Gasteiger partial charge in [0.05, 0.1) is 6.42 Å². The molecule has 0 fully saturated rings. The molecule has 0 atom stereocenters. The van der Waals surface area contributed by atoms with Crippen LogP contribution in [0.4, 0.5) is 0 Å². The standard InChI is InChI=1S/C15H21NO4/c1-4-16(8-7-15(18)19)14(17)10-20-13-9-11(2)5-6-12(13)3/h5-6,9H,4,7-8,10H2,1-3H3,(H,18,19). The molecule has 1 aromatic rings. The molecule has 1 amide bonds. The minimum atomic E-state index is -0.910. The van der Waals surface area contributed by atoms with Gasteiger partial charge in [0.25, 0.3) is 5.91 Å². The predicted molar refractivity (Wildman–Crippen MR) is 75.9 cm³/mol. The summed E-state index contributed by atoms with van der Waals surface area (Å²) in [6.07, 6.45) is -0.0525. The van der Waals surface area contributed by atoms with Gasteiger partial charge in [0.1, 0.15) is 5.75 Å². The van der Waals surface area contributed by atoms with Gasteiger partial charge in [-0.1, -0.05) is 12.1 Å². The zero-order chi connectivity index (χ0) is 15.1. The van der Waals surface area contributed by atoms with Gasteiger partial charge in [0, 0.05) is 13.1 Å². The van der Waals surface area contributed by atoms with E-state index < -0.39 is 5.97 Å². The molecule has 20 heavy (non-hydrogen) atoms. The number of amides is 1. The third-order valence-electron chi connectivity index (χ3n) is 3.02. The van der Waals surface area contributed by atoms with Gasteiger partial charge < -0.3 is 14.7 Å². The summed E-state index contributed by atoms with van der Waals surface area (Å²) in [4.78, 5) is 24.0. The molecule has 0 aromatic heterocycles. The summed E-state index contributed by atoms with van der Waals surface area (Å²) in [5.74, 6) is -0.422. The first-order valence-electron chi connectivity index (χ1n) is 6.63. The Balaban J connectivity index is 2.56. The average Bonchev–Trinajstić information content (AvgIpc) is 2.40. The lowest BCUT2D eigenvalue weighted by Crippen LogP contribution is -2.36. The van der Waals surface area contributed by atoms with Crippen LogP contribution in [0, 0.1) is 13.8 Å². The van der Waals surface area contributed by atoms with Crippen molar-refractivity contribution >= 4 is 11.9 Å². The van der Waals surface area contributed by atoms with Gasteiger partial charge in [0.15, 0.2) is 6.61 Å². The Kier molecular flexibility index (Phi) is 6.03. The highest BCUT2D eigenvalue weighted by Crippen LogP contribution is 2.19. The van der Waals surface area contributed by atoms with Crippen molar-refractivity contribution in [2.24, 2.45) is 0 Å². The van der Waals surface area contributed by atoms with E-state index in [1.54, 1.807) is 0 Å². The van der Waals surface area contributed by atoms with E-state index in [1.165, 1.54) is 4.90 Å². The number of carboxylic acids is 1. The van der Waals surface area contributed by atoms with E-state index in [0.29, 0.717) is 12.3 Å². The van der Waals surface area contributed by atoms with Crippen LogP contribution in [0.25, 0.3) is 0 Å². The fourth-order valence-corrected chi connectivity index (χ4v) is 1.78. The lowest BCUT2D eigenvalue weighted by atomic mass is 10.1. The number of benzene rings is 1. The van der Waals surface area contributed by atoms with Crippen LogP contribution in [0.5, 0.6) is 5.75 Å². The fourth-order valence-electron chi connectivity index (χ4n) is 1.78. The number of carbonyl (C=O) groups is 2. The number of aliphatic carboxylic acids is 1. The highest BCUT2D eigenvalue weighted by Gasteiger charge is 2.14. The van der Waals surface area contributed by atoms with Crippen LogP contribution < -0.4 is 4.74 Å². The van der Waals surface area contributed by atoms with Crippen LogP contribution in [0.3, 0.4) is 0 Å². The Labute approximate surface area is 119 Å². The first-order chi connectivity index (χ1) is 9.43. The third kappa shape index (κ3) is 4.91. The second-order valence-electron chi connectivity index (χ2n) is 4.67. The zero-order valence-corrected chi connectivity index (χ0v) is 12.2. The van der Waals surface area contributed by atoms with Crippen molar-refractivity contribution in [3.63, 3.8) is 0 Å². The summed E-state index contributed by atoms with van der Waals surface area (Å²) in [5.41, 5.74) is 2.04. The Bertz CT molecular complexity index is 485. The number of nitrogens with zero attached hydrogens (tertiary/aromatic N) is 1. The lowest BCUT2D eigenvalue weighted by Gasteiger charge is -2.20. The molecule has 0 spiro atoms. The van der Waals surface area contributed by atoms with Crippen LogP contribution in [-0.4, -0.2) is 41.6 Å². The minimum Gasteiger partial charge on any atom is -0.483 e. The summed E-state index contributed by atoms with van der Waals surface area (Å²) in [6, 6.07) is 5.81. The Hall–Kier alpha value is -2.04. The molecule has 0 saturated carbocycles. The summed E-state index contributed by atoms with van der Waals surface area (Å²) in [7, 11) is 0. The number of likely N-dealkylation sites (N-methyl/N-ethyl adjacent to an activating group) is 1. The minimum absolute atomic E-state index is 0.0525. The molecule has 1 rings (SSSR count). The highest BCUT2D eigenvalue weighted by atomic mass is 16.5. The second-order valence-corrected chi connectivity index (χ2v) is 4.67. The van der Waals surface area contributed by atoms with E-state index >= 15 is 0 Å². The molecule has 110 valence electrons. The second kappa shape index (κ2) is 7.53. The van der Waals surface area contributed by atoms with E-state index in [0.717, 1.165) is 11.1 Å². The normalized spacial score (nSPS) is 10.2. The molecule has 1 N–H and O–H groups in total. The monoisotopic (exact) mass is 279 g/mol. The van der Waals surface area contributed by atoms with Crippen LogP contribution in [0.15, 0.2) is 18.2 Å². The quantitative estimate of drug-likeness (QED) is 0.829. The van der Waals surface area contributed by atoms with Gasteiger partial charge in [-0.05, 0) is 38.0 Å². The maximum atomic E-state index is 12.0. The molecule has 0 aliphatic heterocycles. The van der Waals surface area contributed by atoms with Crippen LogP contribution in [0.1, 0.15) is 24.5 Å². The van der Waals surface area contributed by atoms with Gasteiger partial charge in [-0.25, -0.2) is 0 Å². The summed E-state index contributed by atoms with van der Waals surface area (Å²) >= 11 is 0. The van der Waals surface area contributed by atoms with E-state index in [-0.39, 0.29) is 25.5 Å². The number of carboxylic acid groups (broad SMARTS) is 1. The van der Waals surface area contributed by atoms with Gasteiger partial charge >= 0.3 is 5.97 Å². The van der Waals surface area contributed by atoms with E-state index in [9.17, 15) is 9.59 Å². The lowest BCUT2D eigenvalue weighted by molar-refractivity contribution is -0.139. The molecule has 0 saturated heterocycles. The molecule has 0 unspecified atom stereocenters. The van der Waals surface area contributed by atoms with Crippen LogP contribution >= 0.6 is 0 Å².